The van der Waals surface area contributed by atoms with Crippen molar-refractivity contribution in [2.24, 2.45) is 0 Å². The molecule has 1 unspecified atom stereocenters. The van der Waals surface area contributed by atoms with Crippen LogP contribution >= 0.6 is 23.2 Å². The van der Waals surface area contributed by atoms with Crippen molar-refractivity contribution in [3.8, 4) is 0 Å². The highest BCUT2D eigenvalue weighted by Gasteiger charge is 2.43. The first-order valence-corrected chi connectivity index (χ1v) is 9.82. The van der Waals surface area contributed by atoms with Gasteiger partial charge in [-0.25, -0.2) is 9.59 Å². The van der Waals surface area contributed by atoms with E-state index in [1.54, 1.807) is 49.5 Å². The molecule has 2 aromatic rings. The maximum absolute atomic E-state index is 13.6. The number of hydrogen-bond acceptors (Lipinski definition) is 4. The van der Waals surface area contributed by atoms with Crippen LogP contribution in [0.15, 0.2) is 53.7 Å². The number of nitrogens with zero attached hydrogens (tertiary/aromatic N) is 2. The molecule has 0 N–H and O–H groups in total. The molecule has 0 aromatic heterocycles. The summed E-state index contributed by atoms with van der Waals surface area (Å²) >= 11 is 12.4. The average Bonchev–Trinajstić information content (AvgIpc) is 2.73. The topological polar surface area (TPSA) is 66.9 Å². The number of esters is 1. The van der Waals surface area contributed by atoms with Crippen LogP contribution in [0.4, 0.5) is 4.79 Å². The fourth-order valence-corrected chi connectivity index (χ4v) is 3.88. The molecule has 0 radical (unpaired) electrons. The SMILES string of the molecule is COC(=O)C1=C(C(=O)c2ccccc2Cl)C(c2ccc(Cl)c(C)c2)N(C)C(=O)N1C. The molecule has 0 aliphatic carbocycles. The highest BCUT2D eigenvalue weighted by Crippen LogP contribution is 2.39. The zero-order valence-corrected chi connectivity index (χ0v) is 18.4. The molecule has 1 heterocycles. The van der Waals surface area contributed by atoms with Gasteiger partial charge >= 0.3 is 12.0 Å². The Hall–Kier alpha value is -2.83. The molecule has 0 saturated heterocycles. The molecular weight excluding hydrogens is 427 g/mol. The Bertz CT molecular complexity index is 1080. The van der Waals surface area contributed by atoms with Gasteiger partial charge in [-0.3, -0.25) is 9.69 Å². The number of urea groups is 1. The van der Waals surface area contributed by atoms with Gasteiger partial charge < -0.3 is 9.64 Å². The monoisotopic (exact) mass is 446 g/mol. The number of ketones is 1. The van der Waals surface area contributed by atoms with Crippen molar-refractivity contribution in [3.05, 3.63) is 80.5 Å². The number of aryl methyl sites for hydroxylation is 1. The van der Waals surface area contributed by atoms with Crippen molar-refractivity contribution >= 4 is 41.0 Å². The maximum atomic E-state index is 13.6. The van der Waals surface area contributed by atoms with Crippen molar-refractivity contribution in [1.82, 2.24) is 9.80 Å². The third-order valence-electron chi connectivity index (χ3n) is 5.08. The third-order valence-corrected chi connectivity index (χ3v) is 5.83. The molecule has 0 saturated carbocycles. The zero-order valence-electron chi connectivity index (χ0n) is 16.9. The van der Waals surface area contributed by atoms with Gasteiger partial charge in [0, 0.05) is 24.7 Å². The number of likely N-dealkylation sites (N-methyl/N-ethyl adjacent to an activating group) is 2. The van der Waals surface area contributed by atoms with Crippen molar-refractivity contribution < 1.29 is 19.1 Å². The van der Waals surface area contributed by atoms with E-state index in [1.807, 2.05) is 6.92 Å². The number of rotatable bonds is 4. The lowest BCUT2D eigenvalue weighted by Crippen LogP contribution is -2.49. The van der Waals surface area contributed by atoms with E-state index in [-0.39, 0.29) is 21.9 Å². The van der Waals surface area contributed by atoms with E-state index in [9.17, 15) is 14.4 Å². The molecule has 0 spiro atoms. The number of Topliss-reactive ketones (excluding diaryl/α,β-unsaturated/α-hetero) is 1. The summed E-state index contributed by atoms with van der Waals surface area (Å²) < 4.78 is 4.90. The van der Waals surface area contributed by atoms with Gasteiger partial charge in [0.1, 0.15) is 5.70 Å². The van der Waals surface area contributed by atoms with E-state index in [0.717, 1.165) is 10.5 Å². The van der Waals surface area contributed by atoms with Crippen LogP contribution in [0.25, 0.3) is 0 Å². The molecule has 0 bridgehead atoms. The van der Waals surface area contributed by atoms with Crippen LogP contribution in [-0.4, -0.2) is 48.8 Å². The summed E-state index contributed by atoms with van der Waals surface area (Å²) in [5, 5.41) is 0.796. The Morgan fingerprint density at radius 1 is 1.03 bits per heavy atom. The fourth-order valence-electron chi connectivity index (χ4n) is 3.54. The Kier molecular flexibility index (Phi) is 6.19. The first-order chi connectivity index (χ1) is 14.2. The summed E-state index contributed by atoms with van der Waals surface area (Å²) in [7, 11) is 4.20. The summed E-state index contributed by atoms with van der Waals surface area (Å²) in [5.74, 6) is -1.25. The van der Waals surface area contributed by atoms with Crippen LogP contribution in [-0.2, 0) is 9.53 Å². The van der Waals surface area contributed by atoms with Crippen LogP contribution in [0.3, 0.4) is 0 Å². The van der Waals surface area contributed by atoms with Crippen LogP contribution in [0.5, 0.6) is 0 Å². The molecule has 30 heavy (non-hydrogen) atoms. The number of halogens is 2. The summed E-state index contributed by atoms with van der Waals surface area (Å²) in [6.07, 6.45) is 0. The molecule has 8 heteroatoms. The minimum absolute atomic E-state index is 0.0984. The van der Waals surface area contributed by atoms with Crippen molar-refractivity contribution in [2.45, 2.75) is 13.0 Å². The largest absolute Gasteiger partial charge is 0.464 e. The second kappa shape index (κ2) is 8.50. The normalized spacial score (nSPS) is 16.7. The molecule has 0 fully saturated rings. The Morgan fingerprint density at radius 3 is 2.30 bits per heavy atom. The van der Waals surface area contributed by atoms with Crippen molar-refractivity contribution in [2.75, 3.05) is 21.2 Å². The molecule has 156 valence electrons. The average molecular weight is 447 g/mol. The van der Waals surface area contributed by atoms with E-state index in [2.05, 4.69) is 0 Å². The molecule has 1 atom stereocenters. The smallest absolute Gasteiger partial charge is 0.355 e. The second-order valence-corrected chi connectivity index (χ2v) is 7.74. The van der Waals surface area contributed by atoms with E-state index >= 15 is 0 Å². The molecule has 1 aliphatic rings. The Labute approximate surface area is 184 Å². The number of carbonyl (C=O) groups is 3. The van der Waals surface area contributed by atoms with Crippen LogP contribution in [0.2, 0.25) is 10.0 Å². The molecule has 6 nitrogen and oxygen atoms in total. The second-order valence-electron chi connectivity index (χ2n) is 6.93. The number of benzene rings is 2. The van der Waals surface area contributed by atoms with Crippen LogP contribution < -0.4 is 0 Å². The van der Waals surface area contributed by atoms with Gasteiger partial charge in [0.2, 0.25) is 0 Å². The third kappa shape index (κ3) is 3.68. The summed E-state index contributed by atoms with van der Waals surface area (Å²) in [6.45, 7) is 1.82. The number of amides is 2. The minimum atomic E-state index is -0.831. The summed E-state index contributed by atoms with van der Waals surface area (Å²) in [4.78, 5) is 41.7. The van der Waals surface area contributed by atoms with E-state index in [4.69, 9.17) is 27.9 Å². The lowest BCUT2D eigenvalue weighted by Gasteiger charge is -2.40. The molecule has 2 amide bonds. The minimum Gasteiger partial charge on any atom is -0.464 e. The Morgan fingerprint density at radius 2 is 1.70 bits per heavy atom. The first-order valence-electron chi connectivity index (χ1n) is 9.07. The number of carbonyl (C=O) groups excluding carboxylic acids is 3. The quantitative estimate of drug-likeness (QED) is 0.506. The van der Waals surface area contributed by atoms with Gasteiger partial charge in [0.15, 0.2) is 5.78 Å². The standard InChI is InChI=1S/C22H20Cl2N2O4/c1-12-11-13(9-10-15(12)23)18-17(20(27)14-7-5-6-8-16(14)24)19(21(28)30-4)26(3)22(29)25(18)2/h5-11,18H,1-4H3. The highest BCUT2D eigenvalue weighted by atomic mass is 35.5. The molecule has 3 rings (SSSR count). The van der Waals surface area contributed by atoms with E-state index < -0.39 is 23.8 Å². The predicted molar refractivity (Wildman–Crippen MR) is 115 cm³/mol. The van der Waals surface area contributed by atoms with Crippen molar-refractivity contribution in [3.63, 3.8) is 0 Å². The fraction of sp³-hybridized carbons (Fsp3) is 0.227. The van der Waals surface area contributed by atoms with Gasteiger partial charge in [0.05, 0.1) is 23.7 Å². The molecule has 1 aliphatic heterocycles. The number of hydrogen-bond donors (Lipinski definition) is 0. The van der Waals surface area contributed by atoms with Gasteiger partial charge in [-0.1, -0.05) is 47.5 Å². The summed E-state index contributed by atoms with van der Waals surface area (Å²) in [5.41, 5.74) is 1.61. The van der Waals surface area contributed by atoms with Gasteiger partial charge in [-0.2, -0.15) is 0 Å². The molecular formula is C22H20Cl2N2O4. The van der Waals surface area contributed by atoms with Gasteiger partial charge in [0.25, 0.3) is 0 Å². The zero-order chi connectivity index (χ0) is 22.2. The lowest BCUT2D eigenvalue weighted by atomic mass is 9.87. The predicted octanol–water partition coefficient (Wildman–Crippen LogP) is 4.65. The van der Waals surface area contributed by atoms with E-state index in [0.29, 0.717) is 10.6 Å². The van der Waals surface area contributed by atoms with Gasteiger partial charge in [-0.15, -0.1) is 0 Å². The maximum Gasteiger partial charge on any atom is 0.355 e. The van der Waals surface area contributed by atoms with Crippen LogP contribution in [0.1, 0.15) is 27.5 Å². The number of ether oxygens (including phenoxy) is 1. The molecule has 2 aromatic carbocycles. The van der Waals surface area contributed by atoms with Gasteiger partial charge in [-0.05, 0) is 36.2 Å². The highest BCUT2D eigenvalue weighted by molar-refractivity contribution is 6.35. The first kappa shape index (κ1) is 21.9. The lowest BCUT2D eigenvalue weighted by molar-refractivity contribution is -0.137. The van der Waals surface area contributed by atoms with E-state index in [1.165, 1.54) is 19.1 Å². The number of methoxy groups -OCH3 is 1. The Balaban J connectivity index is 2.34. The van der Waals surface area contributed by atoms with Crippen LogP contribution in [0, 0.1) is 6.92 Å². The van der Waals surface area contributed by atoms with Crippen molar-refractivity contribution in [1.29, 1.82) is 0 Å². The summed E-state index contributed by atoms with van der Waals surface area (Å²) in [6, 6.07) is 10.5.